The maximum atomic E-state index is 13.4. The molecule has 0 amide bonds. The van der Waals surface area contributed by atoms with Crippen molar-refractivity contribution in [1.29, 1.82) is 0 Å². The number of fused-ring (bicyclic) bond motifs is 3. The van der Waals surface area contributed by atoms with E-state index >= 15 is 0 Å². The van der Waals surface area contributed by atoms with E-state index in [2.05, 4.69) is 9.97 Å². The van der Waals surface area contributed by atoms with Crippen molar-refractivity contribution in [2.75, 3.05) is 7.11 Å². The molecule has 3 heterocycles. The van der Waals surface area contributed by atoms with Crippen LogP contribution >= 0.6 is 0 Å². The molecule has 0 atom stereocenters. The lowest BCUT2D eigenvalue weighted by molar-refractivity contribution is 0.0551. The molecule has 3 aromatic heterocycles. The van der Waals surface area contributed by atoms with Gasteiger partial charge in [0.1, 0.15) is 24.4 Å². The van der Waals surface area contributed by atoms with Crippen molar-refractivity contribution in [2.45, 2.75) is 33.0 Å². The zero-order valence-electron chi connectivity index (χ0n) is 20.1. The third kappa shape index (κ3) is 4.30. The number of pyridine rings is 1. The Labute approximate surface area is 202 Å². The van der Waals surface area contributed by atoms with Gasteiger partial charge in [-0.2, -0.15) is 0 Å². The molecule has 0 saturated heterocycles. The summed E-state index contributed by atoms with van der Waals surface area (Å²) in [6.07, 6.45) is 6.35. The lowest BCUT2D eigenvalue weighted by Gasteiger charge is -2.20. The van der Waals surface area contributed by atoms with Crippen LogP contribution in [0.2, 0.25) is 0 Å². The second-order valence-corrected chi connectivity index (χ2v) is 9.11. The van der Waals surface area contributed by atoms with Crippen LogP contribution < -0.4 is 9.47 Å². The number of nitrogens with zero attached hydrogens (tertiary/aromatic N) is 4. The minimum atomic E-state index is -0.667. The van der Waals surface area contributed by atoms with Crippen LogP contribution in [0.15, 0.2) is 73.4 Å². The first-order chi connectivity index (χ1) is 16.9. The molecule has 8 heteroatoms. The van der Waals surface area contributed by atoms with E-state index in [0.29, 0.717) is 35.0 Å². The zero-order chi connectivity index (χ0) is 24.6. The summed E-state index contributed by atoms with van der Waals surface area (Å²) < 4.78 is 21.0. The van der Waals surface area contributed by atoms with Crippen LogP contribution in [0.3, 0.4) is 0 Å². The molecule has 35 heavy (non-hydrogen) atoms. The number of aromatic nitrogens is 4. The van der Waals surface area contributed by atoms with Crippen LogP contribution in [-0.2, 0) is 11.3 Å². The Morgan fingerprint density at radius 1 is 1.00 bits per heavy atom. The molecule has 0 aliphatic rings. The summed E-state index contributed by atoms with van der Waals surface area (Å²) in [5.74, 6) is 1.72. The summed E-state index contributed by atoms with van der Waals surface area (Å²) in [4.78, 5) is 22.2. The summed E-state index contributed by atoms with van der Waals surface area (Å²) in [5, 5.41) is 1.56. The first kappa shape index (κ1) is 22.5. The smallest absolute Gasteiger partial charge is 0.419 e. The molecular formula is C27H26N4O4. The van der Waals surface area contributed by atoms with Gasteiger partial charge in [-0.05, 0) is 38.5 Å². The highest BCUT2D eigenvalue weighted by atomic mass is 16.6. The molecule has 178 valence electrons. The molecule has 0 spiro atoms. The number of methoxy groups -OCH3 is 1. The Bertz CT molecular complexity index is 1500. The maximum Gasteiger partial charge on any atom is 0.419 e. The van der Waals surface area contributed by atoms with E-state index in [9.17, 15) is 4.79 Å². The number of imidazole rings is 1. The molecule has 0 aliphatic heterocycles. The summed E-state index contributed by atoms with van der Waals surface area (Å²) in [6.45, 7) is 5.88. The highest BCUT2D eigenvalue weighted by Gasteiger charge is 2.26. The van der Waals surface area contributed by atoms with Gasteiger partial charge < -0.3 is 14.2 Å². The lowest BCUT2D eigenvalue weighted by Crippen LogP contribution is -2.27. The normalized spacial score (nSPS) is 11.7. The number of ether oxygens (including phenoxy) is 3. The van der Waals surface area contributed by atoms with Crippen LogP contribution in [0.5, 0.6) is 11.5 Å². The average Bonchev–Trinajstić information content (AvgIpc) is 3.47. The van der Waals surface area contributed by atoms with Gasteiger partial charge in [0.05, 0.1) is 23.5 Å². The van der Waals surface area contributed by atoms with E-state index in [0.717, 1.165) is 16.3 Å². The Morgan fingerprint density at radius 3 is 2.49 bits per heavy atom. The highest BCUT2D eigenvalue weighted by molar-refractivity contribution is 6.16. The van der Waals surface area contributed by atoms with Crippen molar-refractivity contribution in [3.63, 3.8) is 0 Å². The summed E-state index contributed by atoms with van der Waals surface area (Å²) in [5.41, 5.74) is 1.65. The van der Waals surface area contributed by atoms with Crippen molar-refractivity contribution in [1.82, 2.24) is 19.1 Å². The van der Waals surface area contributed by atoms with Crippen LogP contribution in [0.4, 0.5) is 4.79 Å². The first-order valence-corrected chi connectivity index (χ1v) is 11.3. The van der Waals surface area contributed by atoms with Gasteiger partial charge in [-0.3, -0.25) is 4.57 Å². The van der Waals surface area contributed by atoms with Crippen molar-refractivity contribution < 1.29 is 19.0 Å². The van der Waals surface area contributed by atoms with E-state index < -0.39 is 11.7 Å². The van der Waals surface area contributed by atoms with Crippen molar-refractivity contribution in [3.8, 4) is 17.3 Å². The fourth-order valence-electron chi connectivity index (χ4n) is 4.04. The molecule has 0 unspecified atom stereocenters. The van der Waals surface area contributed by atoms with Crippen molar-refractivity contribution in [3.05, 3.63) is 79.0 Å². The number of hydrogen-bond acceptors (Lipinski definition) is 6. The van der Waals surface area contributed by atoms with Crippen LogP contribution in [0, 0.1) is 0 Å². The fraction of sp³-hybridized carbons (Fsp3) is 0.222. The molecule has 5 aromatic rings. The van der Waals surface area contributed by atoms with Crippen molar-refractivity contribution in [2.24, 2.45) is 0 Å². The minimum absolute atomic E-state index is 0.358. The van der Waals surface area contributed by atoms with Gasteiger partial charge in [-0.25, -0.2) is 19.3 Å². The Hall–Kier alpha value is -4.33. The number of rotatable bonds is 5. The summed E-state index contributed by atoms with van der Waals surface area (Å²) in [6, 6.07) is 15.4. The lowest BCUT2D eigenvalue weighted by atomic mass is 10.1. The molecule has 5 rings (SSSR count). The van der Waals surface area contributed by atoms with E-state index in [1.165, 1.54) is 0 Å². The Balaban J connectivity index is 1.74. The molecule has 0 saturated carbocycles. The SMILES string of the molecule is COc1cc2c3c(-n4ccnc4)nccc3n(C(=O)OC(C)(C)C)c2cc1OCc1ccccc1. The Morgan fingerprint density at radius 2 is 1.80 bits per heavy atom. The molecule has 8 nitrogen and oxygen atoms in total. The second-order valence-electron chi connectivity index (χ2n) is 9.11. The van der Waals surface area contributed by atoms with Crippen LogP contribution in [0.25, 0.3) is 27.6 Å². The molecule has 0 aliphatic carbocycles. The van der Waals surface area contributed by atoms with Gasteiger partial charge in [0.25, 0.3) is 0 Å². The highest BCUT2D eigenvalue weighted by Crippen LogP contribution is 2.40. The van der Waals surface area contributed by atoms with Crippen molar-refractivity contribution >= 4 is 27.9 Å². The van der Waals surface area contributed by atoms with E-state index in [1.807, 2.05) is 74.0 Å². The van der Waals surface area contributed by atoms with E-state index in [4.69, 9.17) is 14.2 Å². The minimum Gasteiger partial charge on any atom is -0.493 e. The van der Waals surface area contributed by atoms with E-state index in [1.54, 1.807) is 36.5 Å². The molecule has 0 radical (unpaired) electrons. The molecular weight excluding hydrogens is 444 g/mol. The second kappa shape index (κ2) is 8.79. The third-order valence-electron chi connectivity index (χ3n) is 5.50. The topological polar surface area (TPSA) is 80.4 Å². The first-order valence-electron chi connectivity index (χ1n) is 11.3. The van der Waals surface area contributed by atoms with Gasteiger partial charge in [-0.1, -0.05) is 30.3 Å². The summed E-state index contributed by atoms with van der Waals surface area (Å²) in [7, 11) is 1.60. The summed E-state index contributed by atoms with van der Waals surface area (Å²) >= 11 is 0. The maximum absolute atomic E-state index is 13.4. The molecule has 0 fully saturated rings. The third-order valence-corrected chi connectivity index (χ3v) is 5.50. The largest absolute Gasteiger partial charge is 0.493 e. The monoisotopic (exact) mass is 470 g/mol. The van der Waals surface area contributed by atoms with Gasteiger partial charge in [0.2, 0.25) is 0 Å². The van der Waals surface area contributed by atoms with Gasteiger partial charge >= 0.3 is 6.09 Å². The van der Waals surface area contributed by atoms with Gasteiger partial charge in [0, 0.05) is 30.0 Å². The zero-order valence-corrected chi connectivity index (χ0v) is 20.1. The average molecular weight is 471 g/mol. The van der Waals surface area contributed by atoms with Gasteiger partial charge in [-0.15, -0.1) is 0 Å². The molecule has 0 N–H and O–H groups in total. The fourth-order valence-corrected chi connectivity index (χ4v) is 4.04. The number of benzene rings is 2. The Kier molecular flexibility index (Phi) is 5.64. The van der Waals surface area contributed by atoms with Gasteiger partial charge in [0.15, 0.2) is 11.5 Å². The predicted octanol–water partition coefficient (Wildman–Crippen LogP) is 5.75. The standard InChI is InChI=1S/C27H26N4O4/c1-27(2,3)35-26(32)31-20-10-11-29-25(30-13-12-28-17-30)24(20)19-14-22(33-4)23(15-21(19)31)34-16-18-8-6-5-7-9-18/h5-15,17H,16H2,1-4H3. The quantitative estimate of drug-likeness (QED) is 0.326. The van der Waals surface area contributed by atoms with Crippen LogP contribution in [-0.4, -0.2) is 37.9 Å². The van der Waals surface area contributed by atoms with E-state index in [-0.39, 0.29) is 0 Å². The molecule has 2 aromatic carbocycles. The number of hydrogen-bond donors (Lipinski definition) is 0. The predicted molar refractivity (Wildman–Crippen MR) is 133 cm³/mol. The molecule has 0 bridgehead atoms. The number of carbonyl (C=O) groups excluding carboxylic acids is 1. The van der Waals surface area contributed by atoms with Crippen LogP contribution in [0.1, 0.15) is 26.3 Å². The number of carbonyl (C=O) groups is 1.